The van der Waals surface area contributed by atoms with Crippen molar-refractivity contribution in [2.45, 2.75) is 31.6 Å². The fourth-order valence-corrected chi connectivity index (χ4v) is 5.38. The quantitative estimate of drug-likeness (QED) is 0.261. The normalized spacial score (nSPS) is 12.9. The summed E-state index contributed by atoms with van der Waals surface area (Å²) >= 11 is 6.14. The lowest BCUT2D eigenvalue weighted by atomic mass is 9.85. The van der Waals surface area contributed by atoms with Crippen molar-refractivity contribution in [1.82, 2.24) is 4.98 Å². The van der Waals surface area contributed by atoms with Crippen molar-refractivity contribution in [1.29, 1.82) is 5.26 Å². The first-order valence-corrected chi connectivity index (χ1v) is 12.7. The van der Waals surface area contributed by atoms with Gasteiger partial charge in [-0.1, -0.05) is 41.9 Å². The van der Waals surface area contributed by atoms with Crippen LogP contribution >= 0.6 is 11.6 Å². The summed E-state index contributed by atoms with van der Waals surface area (Å²) in [6, 6.07) is 22.8. The topological polar surface area (TPSA) is 74.0 Å². The molecule has 0 aliphatic heterocycles. The van der Waals surface area contributed by atoms with E-state index in [4.69, 9.17) is 11.6 Å². The van der Waals surface area contributed by atoms with Gasteiger partial charge < -0.3 is 5.11 Å². The number of pyridine rings is 1. The Labute approximate surface area is 225 Å². The summed E-state index contributed by atoms with van der Waals surface area (Å²) in [4.78, 5) is 18.2. The molecule has 0 spiro atoms. The molecule has 0 saturated carbocycles. The lowest BCUT2D eigenvalue weighted by molar-refractivity contribution is -0.118. The number of allylic oxidation sites excluding steroid dienone is 2. The summed E-state index contributed by atoms with van der Waals surface area (Å²) in [6.45, 7) is 0. The van der Waals surface area contributed by atoms with Crippen LogP contribution in [-0.4, -0.2) is 15.9 Å². The monoisotopic (exact) mass is 522 g/mol. The average molecular weight is 523 g/mol. The molecule has 0 bridgehead atoms. The van der Waals surface area contributed by atoms with Gasteiger partial charge >= 0.3 is 0 Å². The second-order valence-corrected chi connectivity index (χ2v) is 9.94. The zero-order valence-electron chi connectivity index (χ0n) is 20.5. The van der Waals surface area contributed by atoms with Crippen LogP contribution in [0, 0.1) is 17.1 Å². The Morgan fingerprint density at radius 2 is 1.95 bits per heavy atom. The van der Waals surface area contributed by atoms with Crippen molar-refractivity contribution in [2.75, 3.05) is 0 Å². The summed E-state index contributed by atoms with van der Waals surface area (Å²) < 4.78 is 14.2. The second-order valence-electron chi connectivity index (χ2n) is 9.50. The van der Waals surface area contributed by atoms with E-state index in [1.165, 1.54) is 12.1 Å². The molecule has 1 N–H and O–H groups in total. The molecule has 0 fully saturated rings. The molecule has 6 heteroatoms. The van der Waals surface area contributed by atoms with Crippen LogP contribution in [0.4, 0.5) is 4.39 Å². The van der Waals surface area contributed by atoms with Gasteiger partial charge in [0.1, 0.15) is 17.3 Å². The highest BCUT2D eigenvalue weighted by Crippen LogP contribution is 2.36. The molecule has 0 unspecified atom stereocenters. The molecule has 0 amide bonds. The molecule has 0 radical (unpaired) electrons. The number of ketones is 1. The van der Waals surface area contributed by atoms with Crippen molar-refractivity contribution >= 4 is 23.0 Å². The van der Waals surface area contributed by atoms with Gasteiger partial charge in [-0.3, -0.25) is 9.78 Å². The minimum Gasteiger partial charge on any atom is -0.508 e. The largest absolute Gasteiger partial charge is 0.508 e. The van der Waals surface area contributed by atoms with Gasteiger partial charge in [0, 0.05) is 35.5 Å². The van der Waals surface area contributed by atoms with E-state index >= 15 is 0 Å². The maximum absolute atomic E-state index is 14.2. The Balaban J connectivity index is 1.48. The number of carbonyl (C=O) groups excluding carboxylic acids is 1. The number of carbonyl (C=O) groups is 1. The van der Waals surface area contributed by atoms with Crippen LogP contribution in [-0.2, 0) is 17.6 Å². The molecule has 188 valence electrons. The van der Waals surface area contributed by atoms with Gasteiger partial charge in [-0.2, -0.15) is 5.26 Å². The number of benzene rings is 3. The molecule has 3 aromatic carbocycles. The van der Waals surface area contributed by atoms with E-state index in [9.17, 15) is 19.6 Å². The van der Waals surface area contributed by atoms with Crippen molar-refractivity contribution in [3.05, 3.63) is 124 Å². The van der Waals surface area contributed by atoms with Gasteiger partial charge in [-0.05, 0) is 89.2 Å². The van der Waals surface area contributed by atoms with E-state index in [0.717, 1.165) is 34.2 Å². The van der Waals surface area contributed by atoms with E-state index in [0.29, 0.717) is 28.3 Å². The summed E-state index contributed by atoms with van der Waals surface area (Å²) in [6.07, 6.45) is 5.21. The molecule has 1 aliphatic carbocycles. The van der Waals surface area contributed by atoms with Crippen molar-refractivity contribution in [3.8, 4) is 22.9 Å². The molecule has 1 atom stereocenters. The molecule has 1 aliphatic rings. The number of halogens is 2. The van der Waals surface area contributed by atoms with Crippen molar-refractivity contribution in [3.63, 3.8) is 0 Å². The highest BCUT2D eigenvalue weighted by Gasteiger charge is 2.24. The number of fused-ring (bicyclic) bond motifs is 1. The number of rotatable bonds is 8. The smallest absolute Gasteiger partial charge is 0.137 e. The third kappa shape index (κ3) is 5.66. The third-order valence-electron chi connectivity index (χ3n) is 6.80. The number of phenolic OH excluding ortho intramolecular Hbond substituents is 1. The zero-order chi connectivity index (χ0) is 26.6. The van der Waals surface area contributed by atoms with E-state index in [1.54, 1.807) is 36.5 Å². The lowest BCUT2D eigenvalue weighted by Crippen LogP contribution is -2.13. The predicted octanol–water partition coefficient (Wildman–Crippen LogP) is 7.43. The molecule has 38 heavy (non-hydrogen) atoms. The van der Waals surface area contributed by atoms with E-state index in [2.05, 4.69) is 11.1 Å². The highest BCUT2D eigenvalue weighted by atomic mass is 35.5. The number of Topliss-reactive ketones (excluding diaryl/α,β-unsaturated/α-hetero) is 1. The minimum absolute atomic E-state index is 0.0160. The van der Waals surface area contributed by atoms with Gasteiger partial charge in [0.15, 0.2) is 0 Å². The van der Waals surface area contributed by atoms with Gasteiger partial charge in [-0.25, -0.2) is 4.39 Å². The average Bonchev–Trinajstić information content (AvgIpc) is 3.29. The number of aromatic hydroxyl groups is 1. The first-order valence-electron chi connectivity index (χ1n) is 12.3. The second kappa shape index (κ2) is 11.0. The maximum atomic E-state index is 14.2. The first-order chi connectivity index (χ1) is 18.4. The van der Waals surface area contributed by atoms with E-state index in [1.807, 2.05) is 36.4 Å². The first kappa shape index (κ1) is 25.4. The lowest BCUT2D eigenvalue weighted by Gasteiger charge is -2.20. The van der Waals surface area contributed by atoms with Gasteiger partial charge in [-0.15, -0.1) is 0 Å². The number of aromatic nitrogens is 1. The van der Waals surface area contributed by atoms with E-state index in [-0.39, 0.29) is 30.3 Å². The third-order valence-corrected chi connectivity index (χ3v) is 7.02. The van der Waals surface area contributed by atoms with E-state index < -0.39 is 5.82 Å². The van der Waals surface area contributed by atoms with Gasteiger partial charge in [0.2, 0.25) is 0 Å². The molecule has 0 saturated heterocycles. The summed E-state index contributed by atoms with van der Waals surface area (Å²) in [5, 5.41) is 19.6. The summed E-state index contributed by atoms with van der Waals surface area (Å²) in [7, 11) is 0. The van der Waals surface area contributed by atoms with Crippen molar-refractivity contribution in [2.24, 2.45) is 0 Å². The van der Waals surface area contributed by atoms with Crippen LogP contribution in [0.1, 0.15) is 46.7 Å². The molecule has 4 nitrogen and oxygen atoms in total. The molecule has 4 aromatic rings. The number of nitrogens with zero attached hydrogens (tertiary/aromatic N) is 2. The van der Waals surface area contributed by atoms with Crippen LogP contribution in [0.3, 0.4) is 0 Å². The fourth-order valence-electron chi connectivity index (χ4n) is 5.13. The van der Waals surface area contributed by atoms with Crippen LogP contribution in [0.15, 0.2) is 85.1 Å². The number of nitriles is 1. The SMILES string of the molecule is N#Cc1cccc(-c2cccnc2[C@@H](CC(=O)CC2=CCc3ccc(O)cc32)Cc2cc(F)cc(Cl)c2)c1. The maximum Gasteiger partial charge on any atom is 0.137 e. The summed E-state index contributed by atoms with van der Waals surface area (Å²) in [5.41, 5.74) is 6.43. The Kier molecular flexibility index (Phi) is 7.35. The number of phenols is 1. The molecule has 5 rings (SSSR count). The Hall–Kier alpha value is -4.27. The minimum atomic E-state index is -0.437. The van der Waals surface area contributed by atoms with Crippen molar-refractivity contribution < 1.29 is 14.3 Å². The Morgan fingerprint density at radius 3 is 2.76 bits per heavy atom. The molecular formula is C32H24ClFN2O2. The fraction of sp³-hybridized carbons (Fsp3) is 0.156. The van der Waals surface area contributed by atoms with Crippen LogP contribution in [0.5, 0.6) is 5.75 Å². The summed E-state index contributed by atoms with van der Waals surface area (Å²) in [5.74, 6) is -0.606. The zero-order valence-corrected chi connectivity index (χ0v) is 21.3. The Morgan fingerprint density at radius 1 is 1.08 bits per heavy atom. The van der Waals surface area contributed by atoms with Crippen LogP contribution < -0.4 is 0 Å². The number of hydrogen-bond donors (Lipinski definition) is 1. The standard InChI is InChI=1S/C32H24ClFN2O2/c33-26-13-21(14-27(34)17-26)12-25(16-29(38)15-24-7-6-22-8-9-28(37)18-31(22)24)32-30(5-2-10-36-32)23-4-1-3-20(11-23)19-35/h1-5,7-11,13-14,17-18,25,37H,6,12,15-16H2/t25-/m1/s1. The van der Waals surface area contributed by atoms with Gasteiger partial charge in [0.25, 0.3) is 0 Å². The molecule has 1 aromatic heterocycles. The highest BCUT2D eigenvalue weighted by molar-refractivity contribution is 6.30. The van der Waals surface area contributed by atoms with Crippen LogP contribution in [0.25, 0.3) is 16.7 Å². The predicted molar refractivity (Wildman–Crippen MR) is 146 cm³/mol. The number of hydrogen-bond acceptors (Lipinski definition) is 4. The molecular weight excluding hydrogens is 499 g/mol. The van der Waals surface area contributed by atoms with Crippen LogP contribution in [0.2, 0.25) is 5.02 Å². The molecule has 1 heterocycles. The Bertz CT molecular complexity index is 1590. The van der Waals surface area contributed by atoms with Gasteiger partial charge in [0.05, 0.1) is 17.3 Å².